The van der Waals surface area contributed by atoms with Gasteiger partial charge >= 0.3 is 0 Å². The molecule has 1 amide bonds. The van der Waals surface area contributed by atoms with Crippen LogP contribution in [0.2, 0.25) is 0 Å². The van der Waals surface area contributed by atoms with Gasteiger partial charge in [-0.25, -0.2) is 19.9 Å². The third-order valence-electron chi connectivity index (χ3n) is 4.15. The molecule has 30 heavy (non-hydrogen) atoms. The third kappa shape index (κ3) is 4.43. The molecule has 0 fully saturated rings. The molecule has 0 radical (unpaired) electrons. The summed E-state index contributed by atoms with van der Waals surface area (Å²) in [5.41, 5.74) is 3.66. The molecule has 2 N–H and O–H groups in total. The van der Waals surface area contributed by atoms with Crippen molar-refractivity contribution in [3.8, 4) is 17.5 Å². The maximum atomic E-state index is 12.4. The molecule has 0 bridgehead atoms. The molecular formula is C22H15N7O. The quantitative estimate of drug-likeness (QED) is 0.530. The largest absolute Gasteiger partial charge is 0.324 e. The zero-order valence-corrected chi connectivity index (χ0v) is 15.6. The minimum Gasteiger partial charge on any atom is -0.324 e. The average Bonchev–Trinajstić information content (AvgIpc) is 2.80. The van der Waals surface area contributed by atoms with E-state index in [2.05, 4.69) is 30.6 Å². The summed E-state index contributed by atoms with van der Waals surface area (Å²) < 4.78 is 0. The number of aromatic nitrogens is 4. The van der Waals surface area contributed by atoms with E-state index in [0.717, 1.165) is 0 Å². The number of hydrogen-bond acceptors (Lipinski definition) is 7. The van der Waals surface area contributed by atoms with Crippen molar-refractivity contribution in [1.82, 2.24) is 19.9 Å². The van der Waals surface area contributed by atoms with E-state index in [1.165, 1.54) is 6.33 Å². The molecule has 0 saturated carbocycles. The summed E-state index contributed by atoms with van der Waals surface area (Å²) in [5.74, 6) is 0.139. The van der Waals surface area contributed by atoms with Gasteiger partial charge in [0.25, 0.3) is 5.91 Å². The Hall–Kier alpha value is -4.64. The monoisotopic (exact) mass is 393 g/mol. The maximum Gasteiger partial charge on any atom is 0.255 e. The summed E-state index contributed by atoms with van der Waals surface area (Å²) in [6.07, 6.45) is 4.76. The van der Waals surface area contributed by atoms with Crippen LogP contribution in [-0.2, 0) is 0 Å². The molecule has 2 heterocycles. The first-order chi connectivity index (χ1) is 14.7. The summed E-state index contributed by atoms with van der Waals surface area (Å²) >= 11 is 0. The number of hydrogen-bond donors (Lipinski definition) is 2. The van der Waals surface area contributed by atoms with Crippen LogP contribution < -0.4 is 10.6 Å². The predicted molar refractivity (Wildman–Crippen MR) is 112 cm³/mol. The van der Waals surface area contributed by atoms with Crippen molar-refractivity contribution in [3.63, 3.8) is 0 Å². The van der Waals surface area contributed by atoms with Crippen LogP contribution in [0.5, 0.6) is 0 Å². The van der Waals surface area contributed by atoms with Crippen molar-refractivity contribution in [2.45, 2.75) is 0 Å². The number of anilines is 3. The second-order valence-electron chi connectivity index (χ2n) is 6.21. The molecule has 2 aromatic heterocycles. The van der Waals surface area contributed by atoms with Crippen molar-refractivity contribution < 1.29 is 4.79 Å². The van der Waals surface area contributed by atoms with Gasteiger partial charge in [0.1, 0.15) is 6.33 Å². The third-order valence-corrected chi connectivity index (χ3v) is 4.15. The van der Waals surface area contributed by atoms with E-state index in [9.17, 15) is 4.79 Å². The Balaban J connectivity index is 1.48. The highest BCUT2D eigenvalue weighted by Crippen LogP contribution is 2.20. The van der Waals surface area contributed by atoms with Gasteiger partial charge in [0, 0.05) is 29.3 Å². The topological polar surface area (TPSA) is 116 Å². The van der Waals surface area contributed by atoms with Gasteiger partial charge in [-0.1, -0.05) is 6.07 Å². The van der Waals surface area contributed by atoms with Gasteiger partial charge in [-0.2, -0.15) is 5.26 Å². The van der Waals surface area contributed by atoms with Gasteiger partial charge < -0.3 is 10.6 Å². The van der Waals surface area contributed by atoms with Crippen LogP contribution in [0, 0.1) is 11.3 Å². The first kappa shape index (κ1) is 18.7. The van der Waals surface area contributed by atoms with Gasteiger partial charge in [-0.15, -0.1) is 0 Å². The van der Waals surface area contributed by atoms with Crippen LogP contribution in [-0.4, -0.2) is 25.8 Å². The van der Waals surface area contributed by atoms with Crippen molar-refractivity contribution in [1.29, 1.82) is 5.26 Å². The number of carbonyl (C=O) groups excluding carboxylic acids is 1. The van der Waals surface area contributed by atoms with E-state index in [0.29, 0.717) is 39.8 Å². The van der Waals surface area contributed by atoms with Crippen molar-refractivity contribution in [2.24, 2.45) is 0 Å². The van der Waals surface area contributed by atoms with Crippen molar-refractivity contribution in [2.75, 3.05) is 10.6 Å². The smallest absolute Gasteiger partial charge is 0.255 e. The fourth-order valence-corrected chi connectivity index (χ4v) is 2.71. The van der Waals surface area contributed by atoms with E-state index in [1.54, 1.807) is 60.9 Å². The minimum atomic E-state index is -0.265. The highest BCUT2D eigenvalue weighted by atomic mass is 16.1. The Morgan fingerprint density at radius 2 is 1.70 bits per heavy atom. The summed E-state index contributed by atoms with van der Waals surface area (Å²) in [5, 5.41) is 14.8. The lowest BCUT2D eigenvalue weighted by molar-refractivity contribution is 0.102. The molecule has 0 unspecified atom stereocenters. The summed E-state index contributed by atoms with van der Waals surface area (Å²) in [7, 11) is 0. The Labute approximate surface area is 172 Å². The number of amides is 1. The van der Waals surface area contributed by atoms with Gasteiger partial charge in [0.05, 0.1) is 23.0 Å². The van der Waals surface area contributed by atoms with Crippen LogP contribution >= 0.6 is 0 Å². The van der Waals surface area contributed by atoms with Gasteiger partial charge in [0.15, 0.2) is 0 Å². The molecule has 0 saturated heterocycles. The lowest BCUT2D eigenvalue weighted by atomic mass is 10.1. The molecule has 8 nitrogen and oxygen atoms in total. The van der Waals surface area contributed by atoms with Gasteiger partial charge in [0.2, 0.25) is 5.95 Å². The molecule has 0 aliphatic heterocycles. The predicted octanol–water partition coefficient (Wildman–Crippen LogP) is 3.80. The summed E-state index contributed by atoms with van der Waals surface area (Å²) in [4.78, 5) is 29.2. The van der Waals surface area contributed by atoms with Gasteiger partial charge in [-0.3, -0.25) is 4.79 Å². The maximum absolute atomic E-state index is 12.4. The molecular weight excluding hydrogens is 378 g/mol. The second-order valence-corrected chi connectivity index (χ2v) is 6.21. The molecule has 0 aliphatic carbocycles. The number of nitrogens with one attached hydrogen (secondary N) is 2. The summed E-state index contributed by atoms with van der Waals surface area (Å²) in [6, 6.07) is 19.2. The van der Waals surface area contributed by atoms with Crippen LogP contribution in [0.25, 0.3) is 11.4 Å². The fourth-order valence-electron chi connectivity index (χ4n) is 2.71. The standard InChI is InChI=1S/C22H15N7O/c23-13-15-4-6-16(7-5-15)21(30)27-17-2-1-3-18(12-17)28-22-25-11-9-20(29-22)19-8-10-24-14-26-19/h1-12,14H,(H,27,30)(H,25,28,29). The zero-order chi connectivity index (χ0) is 20.8. The number of rotatable bonds is 5. The van der Waals surface area contributed by atoms with Crippen LogP contribution in [0.15, 0.2) is 79.4 Å². The second kappa shape index (κ2) is 8.58. The molecule has 0 atom stereocenters. The average molecular weight is 393 g/mol. The number of nitrogens with zero attached hydrogens (tertiary/aromatic N) is 5. The van der Waals surface area contributed by atoms with E-state index in [4.69, 9.17) is 5.26 Å². The van der Waals surface area contributed by atoms with Crippen molar-refractivity contribution >= 4 is 23.2 Å². The minimum absolute atomic E-state index is 0.265. The molecule has 8 heteroatoms. The molecule has 4 aromatic rings. The number of benzene rings is 2. The molecule has 0 aliphatic rings. The van der Waals surface area contributed by atoms with Crippen molar-refractivity contribution in [3.05, 3.63) is 90.5 Å². The van der Waals surface area contributed by atoms with Crippen LogP contribution in [0.1, 0.15) is 15.9 Å². The number of nitriles is 1. The van der Waals surface area contributed by atoms with E-state index >= 15 is 0 Å². The van der Waals surface area contributed by atoms with Crippen LogP contribution in [0.4, 0.5) is 17.3 Å². The lowest BCUT2D eigenvalue weighted by Gasteiger charge is -2.09. The fraction of sp³-hybridized carbons (Fsp3) is 0. The highest BCUT2D eigenvalue weighted by Gasteiger charge is 2.08. The first-order valence-corrected chi connectivity index (χ1v) is 8.99. The molecule has 0 spiro atoms. The lowest BCUT2D eigenvalue weighted by Crippen LogP contribution is -2.11. The Kier molecular flexibility index (Phi) is 5.35. The van der Waals surface area contributed by atoms with Crippen LogP contribution in [0.3, 0.4) is 0 Å². The van der Waals surface area contributed by atoms with E-state index in [1.807, 2.05) is 18.2 Å². The zero-order valence-electron chi connectivity index (χ0n) is 15.6. The molecule has 4 rings (SSSR count). The SMILES string of the molecule is N#Cc1ccc(C(=O)Nc2cccc(Nc3nccc(-c4ccncn4)n3)c2)cc1. The number of carbonyl (C=O) groups is 1. The summed E-state index contributed by atoms with van der Waals surface area (Å²) in [6.45, 7) is 0. The Morgan fingerprint density at radius 3 is 2.47 bits per heavy atom. The Bertz CT molecular complexity index is 1220. The van der Waals surface area contributed by atoms with E-state index < -0.39 is 0 Å². The first-order valence-electron chi connectivity index (χ1n) is 8.99. The highest BCUT2D eigenvalue weighted by molar-refractivity contribution is 6.04. The Morgan fingerprint density at radius 1 is 0.900 bits per heavy atom. The molecule has 2 aromatic carbocycles. The molecule has 144 valence electrons. The van der Waals surface area contributed by atoms with E-state index in [-0.39, 0.29) is 5.91 Å². The van der Waals surface area contributed by atoms with Gasteiger partial charge in [-0.05, 0) is 54.6 Å². The normalized spacial score (nSPS) is 10.1.